The third-order valence-corrected chi connectivity index (χ3v) is 4.72. The molecule has 0 aromatic heterocycles. The Bertz CT molecular complexity index is 473. The number of rotatable bonds is 11. The lowest BCUT2D eigenvalue weighted by Crippen LogP contribution is -2.34. The number of hydrogen-bond acceptors (Lipinski definition) is 2. The van der Waals surface area contributed by atoms with Crippen molar-refractivity contribution in [3.8, 4) is 5.75 Å². The highest BCUT2D eigenvalue weighted by Crippen LogP contribution is 2.24. The molecule has 0 radical (unpaired) electrons. The van der Waals surface area contributed by atoms with Gasteiger partial charge < -0.3 is 9.64 Å². The van der Waals surface area contributed by atoms with Gasteiger partial charge in [0.05, 0.1) is 7.11 Å². The van der Waals surface area contributed by atoms with Crippen molar-refractivity contribution < 1.29 is 4.74 Å². The molecule has 2 nitrogen and oxygen atoms in total. The van der Waals surface area contributed by atoms with Crippen LogP contribution in [0.5, 0.6) is 5.75 Å². The second-order valence-electron chi connectivity index (χ2n) is 7.28. The molecule has 1 aromatic rings. The lowest BCUT2D eigenvalue weighted by Gasteiger charge is -2.32. The molecule has 0 saturated carbocycles. The van der Waals surface area contributed by atoms with Gasteiger partial charge in [0.2, 0.25) is 0 Å². The van der Waals surface area contributed by atoms with Crippen molar-refractivity contribution in [1.29, 1.82) is 0 Å². The summed E-state index contributed by atoms with van der Waals surface area (Å²) in [5.74, 6) is 1.69. The molecule has 0 amide bonds. The zero-order valence-electron chi connectivity index (χ0n) is 16.6. The van der Waals surface area contributed by atoms with E-state index in [2.05, 4.69) is 69.9 Å². The van der Waals surface area contributed by atoms with Crippen molar-refractivity contribution in [1.82, 2.24) is 0 Å². The summed E-state index contributed by atoms with van der Waals surface area (Å²) in [5.41, 5.74) is 2.74. The van der Waals surface area contributed by atoms with Crippen molar-refractivity contribution in [3.63, 3.8) is 0 Å². The Balaban J connectivity index is 2.66. The molecule has 24 heavy (non-hydrogen) atoms. The molecule has 136 valence electrons. The van der Waals surface area contributed by atoms with E-state index in [1.807, 2.05) is 0 Å². The van der Waals surface area contributed by atoms with Crippen LogP contribution in [0.25, 0.3) is 0 Å². The molecule has 0 N–H and O–H groups in total. The van der Waals surface area contributed by atoms with E-state index in [1.54, 1.807) is 7.11 Å². The first-order valence-electron chi connectivity index (χ1n) is 9.52. The van der Waals surface area contributed by atoms with Gasteiger partial charge in [-0.3, -0.25) is 0 Å². The molecule has 1 aromatic carbocycles. The first-order chi connectivity index (χ1) is 11.5. The average Bonchev–Trinajstić information content (AvgIpc) is 2.55. The van der Waals surface area contributed by atoms with Gasteiger partial charge in [0, 0.05) is 18.3 Å². The maximum Gasteiger partial charge on any atom is 0.119 e. The van der Waals surface area contributed by atoms with Crippen molar-refractivity contribution in [2.45, 2.75) is 72.8 Å². The monoisotopic (exact) mass is 331 g/mol. The predicted molar refractivity (Wildman–Crippen MR) is 107 cm³/mol. The normalized spacial score (nSPS) is 13.2. The highest BCUT2D eigenvalue weighted by Gasteiger charge is 2.15. The fraction of sp³-hybridized carbons (Fsp3) is 0.636. The van der Waals surface area contributed by atoms with Crippen molar-refractivity contribution in [2.75, 3.05) is 18.6 Å². The first kappa shape index (κ1) is 20.6. The Labute approximate surface area is 149 Å². The van der Waals surface area contributed by atoms with E-state index in [-0.39, 0.29) is 0 Å². The minimum atomic E-state index is 0.577. The molecular weight excluding hydrogens is 294 g/mol. The quantitative estimate of drug-likeness (QED) is 0.431. The number of anilines is 1. The second-order valence-corrected chi connectivity index (χ2v) is 7.28. The Morgan fingerprint density at radius 3 is 2.29 bits per heavy atom. The molecule has 0 aliphatic carbocycles. The Morgan fingerprint density at radius 2 is 1.75 bits per heavy atom. The summed E-state index contributed by atoms with van der Waals surface area (Å²) >= 11 is 0. The van der Waals surface area contributed by atoms with E-state index in [9.17, 15) is 0 Å². The zero-order chi connectivity index (χ0) is 17.9. The Hall–Kier alpha value is -1.44. The smallest absolute Gasteiger partial charge is 0.119 e. The van der Waals surface area contributed by atoms with Gasteiger partial charge in [0.1, 0.15) is 5.75 Å². The van der Waals surface area contributed by atoms with Crippen LogP contribution in [0.3, 0.4) is 0 Å². The lowest BCUT2D eigenvalue weighted by molar-refractivity contribution is 0.414. The fourth-order valence-corrected chi connectivity index (χ4v) is 3.11. The highest BCUT2D eigenvalue weighted by molar-refractivity contribution is 5.49. The molecular formula is C22H37NO. The standard InChI is InChI=1S/C22H37NO/c1-7-9-20(5)23(21-12-14-22(24-6)15-13-21)17-16-19(4)11-8-10-18(2)3/h10,12-15,19-20H,7-9,11,16-17H2,1-6H3. The van der Waals surface area contributed by atoms with Crippen LogP contribution < -0.4 is 9.64 Å². The third-order valence-electron chi connectivity index (χ3n) is 4.72. The number of hydrogen-bond donors (Lipinski definition) is 0. The van der Waals surface area contributed by atoms with Gasteiger partial charge in [-0.05, 0) is 76.6 Å². The number of allylic oxidation sites excluding steroid dienone is 2. The van der Waals surface area contributed by atoms with Gasteiger partial charge in [-0.15, -0.1) is 0 Å². The summed E-state index contributed by atoms with van der Waals surface area (Å²) in [4.78, 5) is 2.57. The molecule has 0 saturated heterocycles. The Kier molecular flexibility index (Phi) is 9.59. The van der Waals surface area contributed by atoms with Crippen LogP contribution >= 0.6 is 0 Å². The van der Waals surface area contributed by atoms with E-state index in [4.69, 9.17) is 4.74 Å². The number of benzene rings is 1. The zero-order valence-corrected chi connectivity index (χ0v) is 16.6. The molecule has 0 spiro atoms. The summed E-state index contributed by atoms with van der Waals surface area (Å²) in [7, 11) is 1.72. The van der Waals surface area contributed by atoms with Gasteiger partial charge in [0.25, 0.3) is 0 Å². The minimum absolute atomic E-state index is 0.577. The molecule has 2 heteroatoms. The summed E-state index contributed by atoms with van der Waals surface area (Å²) in [6.45, 7) is 12.5. The van der Waals surface area contributed by atoms with Gasteiger partial charge in [-0.2, -0.15) is 0 Å². The molecule has 0 heterocycles. The summed E-state index contributed by atoms with van der Waals surface area (Å²) in [5, 5.41) is 0. The van der Waals surface area contributed by atoms with Crippen LogP contribution in [0.4, 0.5) is 5.69 Å². The predicted octanol–water partition coefficient (Wildman–Crippen LogP) is 6.46. The molecule has 0 fully saturated rings. The summed E-state index contributed by atoms with van der Waals surface area (Å²) in [6, 6.07) is 9.10. The van der Waals surface area contributed by atoms with Crippen molar-refractivity contribution in [3.05, 3.63) is 35.9 Å². The third kappa shape index (κ3) is 7.42. The Morgan fingerprint density at radius 1 is 1.08 bits per heavy atom. The van der Waals surface area contributed by atoms with Gasteiger partial charge >= 0.3 is 0 Å². The molecule has 2 unspecified atom stereocenters. The molecule has 2 atom stereocenters. The summed E-state index contributed by atoms with van der Waals surface area (Å²) in [6.07, 6.45) is 8.55. The van der Waals surface area contributed by atoms with E-state index >= 15 is 0 Å². The van der Waals surface area contributed by atoms with Crippen LogP contribution in [0.2, 0.25) is 0 Å². The average molecular weight is 332 g/mol. The lowest BCUT2D eigenvalue weighted by atomic mass is 9.99. The van der Waals surface area contributed by atoms with Gasteiger partial charge in [-0.1, -0.05) is 31.9 Å². The fourth-order valence-electron chi connectivity index (χ4n) is 3.11. The summed E-state index contributed by atoms with van der Waals surface area (Å²) < 4.78 is 5.29. The van der Waals surface area contributed by atoms with Crippen LogP contribution in [0.15, 0.2) is 35.9 Å². The van der Waals surface area contributed by atoms with E-state index in [0.717, 1.165) is 18.2 Å². The van der Waals surface area contributed by atoms with Crippen molar-refractivity contribution >= 4 is 5.69 Å². The van der Waals surface area contributed by atoms with Crippen LogP contribution in [0, 0.1) is 5.92 Å². The molecule has 1 rings (SSSR count). The van der Waals surface area contributed by atoms with E-state index < -0.39 is 0 Å². The second kappa shape index (κ2) is 11.2. The maximum absolute atomic E-state index is 5.29. The molecule has 0 aliphatic heterocycles. The van der Waals surface area contributed by atoms with Crippen LogP contribution in [0.1, 0.15) is 66.7 Å². The minimum Gasteiger partial charge on any atom is -0.497 e. The van der Waals surface area contributed by atoms with E-state index in [0.29, 0.717) is 6.04 Å². The maximum atomic E-state index is 5.29. The molecule has 0 aliphatic rings. The van der Waals surface area contributed by atoms with Crippen LogP contribution in [-0.4, -0.2) is 19.7 Å². The largest absolute Gasteiger partial charge is 0.497 e. The number of nitrogens with zero attached hydrogens (tertiary/aromatic N) is 1. The van der Waals surface area contributed by atoms with Gasteiger partial charge in [-0.25, -0.2) is 0 Å². The molecule has 0 bridgehead atoms. The highest BCUT2D eigenvalue weighted by atomic mass is 16.5. The SMILES string of the molecule is CCCC(C)N(CCC(C)CCC=C(C)C)c1ccc(OC)cc1. The van der Waals surface area contributed by atoms with Crippen molar-refractivity contribution in [2.24, 2.45) is 5.92 Å². The van der Waals surface area contributed by atoms with Gasteiger partial charge in [0.15, 0.2) is 0 Å². The first-order valence-corrected chi connectivity index (χ1v) is 9.52. The van der Waals surface area contributed by atoms with Crippen LogP contribution in [-0.2, 0) is 0 Å². The number of ether oxygens (including phenoxy) is 1. The number of methoxy groups -OCH3 is 1. The van der Waals surface area contributed by atoms with E-state index in [1.165, 1.54) is 43.4 Å². The topological polar surface area (TPSA) is 12.5 Å².